The van der Waals surface area contributed by atoms with Gasteiger partial charge in [0, 0.05) is 10.0 Å². The predicted molar refractivity (Wildman–Crippen MR) is 69.8 cm³/mol. The zero-order chi connectivity index (χ0) is 13.3. The van der Waals surface area contributed by atoms with Gasteiger partial charge in [0.2, 0.25) is 11.8 Å². The molecule has 1 aromatic rings. The molecule has 0 radical (unpaired) electrons. The molecule has 1 heterocycles. The van der Waals surface area contributed by atoms with Crippen LogP contribution in [0.2, 0.25) is 10.0 Å². The Kier molecular flexibility index (Phi) is 2.19. The summed E-state index contributed by atoms with van der Waals surface area (Å²) in [6, 6.07) is 4.74. The maximum atomic E-state index is 12.3. The largest absolute Gasteiger partial charge is 0.273 e. The highest BCUT2D eigenvalue weighted by Crippen LogP contribution is 2.69. The lowest BCUT2D eigenvalue weighted by Crippen LogP contribution is -2.35. The van der Waals surface area contributed by atoms with Gasteiger partial charge in [0.15, 0.2) is 0 Å². The van der Waals surface area contributed by atoms with Crippen LogP contribution < -0.4 is 4.90 Å². The van der Waals surface area contributed by atoms with Gasteiger partial charge in [-0.3, -0.25) is 9.59 Å². The Bertz CT molecular complexity index is 554. The second-order valence-electron chi connectivity index (χ2n) is 5.41. The normalized spacial score (nSPS) is 33.9. The fraction of sp³-hybridized carbons (Fsp3) is 0.385. The first-order valence-electron chi connectivity index (χ1n) is 5.65. The molecular weight excluding hydrogens is 273 g/mol. The maximum absolute atomic E-state index is 12.3. The molecule has 2 atom stereocenters. The second kappa shape index (κ2) is 3.28. The lowest BCUT2D eigenvalue weighted by molar-refractivity contribution is -0.125. The van der Waals surface area contributed by atoms with Gasteiger partial charge >= 0.3 is 0 Å². The highest BCUT2D eigenvalue weighted by atomic mass is 35.5. The number of carbonyl (C=O) groups is 2. The summed E-state index contributed by atoms with van der Waals surface area (Å²) in [6.07, 6.45) is 0.627. The molecule has 0 bridgehead atoms. The summed E-state index contributed by atoms with van der Waals surface area (Å²) in [7, 11) is 0. The van der Waals surface area contributed by atoms with E-state index in [0.717, 1.165) is 0 Å². The Balaban J connectivity index is 2.09. The van der Waals surface area contributed by atoms with E-state index in [-0.39, 0.29) is 11.8 Å². The van der Waals surface area contributed by atoms with E-state index in [1.54, 1.807) is 18.2 Å². The Labute approximate surface area is 115 Å². The molecular formula is C13H11Cl2NO2. The SMILES string of the molecule is CC12C[C@]1(C)C(=O)N(c1cc(Cl)cc(Cl)c1)C2=O. The molecule has 18 heavy (non-hydrogen) atoms. The molecule has 0 N–H and O–H groups in total. The summed E-state index contributed by atoms with van der Waals surface area (Å²) in [6.45, 7) is 3.67. The smallest absolute Gasteiger partial charge is 0.240 e. The van der Waals surface area contributed by atoms with Crippen molar-refractivity contribution in [3.8, 4) is 0 Å². The molecule has 1 unspecified atom stereocenters. The topological polar surface area (TPSA) is 37.4 Å². The average molecular weight is 284 g/mol. The average Bonchev–Trinajstić information content (AvgIpc) is 2.78. The van der Waals surface area contributed by atoms with E-state index in [1.165, 1.54) is 4.90 Å². The van der Waals surface area contributed by atoms with Gasteiger partial charge in [-0.25, -0.2) is 4.90 Å². The van der Waals surface area contributed by atoms with Crippen molar-refractivity contribution in [2.45, 2.75) is 20.3 Å². The first-order valence-corrected chi connectivity index (χ1v) is 6.40. The monoisotopic (exact) mass is 283 g/mol. The van der Waals surface area contributed by atoms with Gasteiger partial charge in [-0.15, -0.1) is 0 Å². The van der Waals surface area contributed by atoms with E-state index in [0.29, 0.717) is 22.2 Å². The van der Waals surface area contributed by atoms with Crippen LogP contribution in [0, 0.1) is 10.8 Å². The van der Waals surface area contributed by atoms with Crippen molar-refractivity contribution >= 4 is 40.7 Å². The molecule has 2 fully saturated rings. The maximum Gasteiger partial charge on any atom is 0.240 e. The number of piperidine rings is 1. The van der Waals surface area contributed by atoms with Crippen LogP contribution >= 0.6 is 23.2 Å². The number of imide groups is 1. The number of nitrogens with zero attached hydrogens (tertiary/aromatic N) is 1. The van der Waals surface area contributed by atoms with Gasteiger partial charge in [0.25, 0.3) is 0 Å². The van der Waals surface area contributed by atoms with E-state index < -0.39 is 10.8 Å². The number of halogens is 2. The third-order valence-electron chi connectivity index (χ3n) is 4.26. The van der Waals surface area contributed by atoms with Gasteiger partial charge in [-0.1, -0.05) is 23.2 Å². The Morgan fingerprint density at radius 1 is 1.00 bits per heavy atom. The lowest BCUT2D eigenvalue weighted by Gasteiger charge is -2.19. The summed E-state index contributed by atoms with van der Waals surface area (Å²) in [5.74, 6) is -0.318. The summed E-state index contributed by atoms with van der Waals surface area (Å²) in [4.78, 5) is 25.9. The number of rotatable bonds is 1. The van der Waals surface area contributed by atoms with E-state index in [1.807, 2.05) is 13.8 Å². The molecule has 1 aromatic carbocycles. The molecule has 0 spiro atoms. The molecule has 3 nitrogen and oxygen atoms in total. The fourth-order valence-electron chi connectivity index (χ4n) is 2.77. The number of fused-ring (bicyclic) bond motifs is 1. The van der Waals surface area contributed by atoms with Crippen molar-refractivity contribution in [3.05, 3.63) is 28.2 Å². The minimum atomic E-state index is -0.557. The highest BCUT2D eigenvalue weighted by molar-refractivity contribution is 6.36. The number of hydrogen-bond acceptors (Lipinski definition) is 2. The van der Waals surface area contributed by atoms with Crippen LogP contribution in [0.1, 0.15) is 20.3 Å². The summed E-state index contributed by atoms with van der Waals surface area (Å²) in [5, 5.41) is 0.822. The standard InChI is InChI=1S/C13H11Cl2NO2/c1-12-6-13(12,2)11(18)16(10(12)17)9-4-7(14)3-8(15)5-9/h3-5H,6H2,1-2H3/t12-,13?/m1/s1. The Morgan fingerprint density at radius 3 is 1.89 bits per heavy atom. The lowest BCUT2D eigenvalue weighted by atomic mass is 10.00. The molecule has 1 saturated heterocycles. The van der Waals surface area contributed by atoms with Crippen LogP contribution in [0.15, 0.2) is 18.2 Å². The minimum Gasteiger partial charge on any atom is -0.273 e. The summed E-state index contributed by atoms with van der Waals surface area (Å²) in [5.41, 5.74) is -0.658. The van der Waals surface area contributed by atoms with Crippen molar-refractivity contribution in [1.82, 2.24) is 0 Å². The molecule has 94 valence electrons. The molecule has 1 aliphatic heterocycles. The van der Waals surface area contributed by atoms with Crippen molar-refractivity contribution in [2.24, 2.45) is 10.8 Å². The van der Waals surface area contributed by atoms with Crippen LogP contribution in [-0.2, 0) is 9.59 Å². The molecule has 2 aliphatic rings. The van der Waals surface area contributed by atoms with Gasteiger partial charge < -0.3 is 0 Å². The summed E-state index contributed by atoms with van der Waals surface area (Å²) >= 11 is 11.8. The minimum absolute atomic E-state index is 0.159. The predicted octanol–water partition coefficient (Wildman–Crippen LogP) is 3.28. The van der Waals surface area contributed by atoms with Gasteiger partial charge in [0.05, 0.1) is 16.5 Å². The van der Waals surface area contributed by atoms with Crippen LogP contribution in [0.25, 0.3) is 0 Å². The van der Waals surface area contributed by atoms with E-state index in [9.17, 15) is 9.59 Å². The van der Waals surface area contributed by atoms with Gasteiger partial charge in [-0.2, -0.15) is 0 Å². The molecule has 1 saturated carbocycles. The van der Waals surface area contributed by atoms with Crippen molar-refractivity contribution in [3.63, 3.8) is 0 Å². The van der Waals surface area contributed by atoms with Crippen LogP contribution in [-0.4, -0.2) is 11.8 Å². The van der Waals surface area contributed by atoms with Crippen molar-refractivity contribution < 1.29 is 9.59 Å². The molecule has 3 rings (SSSR count). The van der Waals surface area contributed by atoms with E-state index in [4.69, 9.17) is 23.2 Å². The second-order valence-corrected chi connectivity index (χ2v) is 6.29. The number of anilines is 1. The number of amides is 2. The fourth-order valence-corrected chi connectivity index (χ4v) is 3.29. The van der Waals surface area contributed by atoms with Gasteiger partial charge in [-0.05, 0) is 38.5 Å². The van der Waals surface area contributed by atoms with Crippen LogP contribution in [0.5, 0.6) is 0 Å². The Morgan fingerprint density at radius 2 is 1.44 bits per heavy atom. The van der Waals surface area contributed by atoms with E-state index >= 15 is 0 Å². The number of benzene rings is 1. The molecule has 1 aliphatic carbocycles. The zero-order valence-corrected chi connectivity index (χ0v) is 11.5. The molecule has 5 heteroatoms. The third kappa shape index (κ3) is 1.26. The summed E-state index contributed by atoms with van der Waals surface area (Å²) < 4.78 is 0. The van der Waals surface area contributed by atoms with Crippen molar-refractivity contribution in [1.29, 1.82) is 0 Å². The molecule has 2 amide bonds. The van der Waals surface area contributed by atoms with Crippen LogP contribution in [0.4, 0.5) is 5.69 Å². The quantitative estimate of drug-likeness (QED) is 0.742. The third-order valence-corrected chi connectivity index (χ3v) is 4.69. The first-order chi connectivity index (χ1) is 8.29. The van der Waals surface area contributed by atoms with Crippen molar-refractivity contribution in [2.75, 3.05) is 4.90 Å². The van der Waals surface area contributed by atoms with Gasteiger partial charge in [0.1, 0.15) is 0 Å². The molecule has 0 aromatic heterocycles. The zero-order valence-electron chi connectivity index (χ0n) is 9.96. The van der Waals surface area contributed by atoms with Crippen LogP contribution in [0.3, 0.4) is 0 Å². The Hall–Kier alpha value is -1.06. The number of hydrogen-bond donors (Lipinski definition) is 0. The first kappa shape index (κ1) is 12.0. The highest BCUT2D eigenvalue weighted by Gasteiger charge is 2.77. The van der Waals surface area contributed by atoms with E-state index in [2.05, 4.69) is 0 Å². The number of carbonyl (C=O) groups excluding carboxylic acids is 2.